The second-order valence-corrected chi connectivity index (χ2v) is 8.24. The molecule has 3 rings (SSSR count). The summed E-state index contributed by atoms with van der Waals surface area (Å²) in [7, 11) is -1.67. The summed E-state index contributed by atoms with van der Waals surface area (Å²) in [5, 5.41) is 9.31. The van der Waals surface area contributed by atoms with Crippen molar-refractivity contribution in [2.75, 3.05) is 33.2 Å². The molecule has 0 atom stereocenters. The summed E-state index contributed by atoms with van der Waals surface area (Å²) in [5.74, 6) is -1.08. The third kappa shape index (κ3) is 3.13. The van der Waals surface area contributed by atoms with E-state index in [-0.39, 0.29) is 10.5 Å². The third-order valence-corrected chi connectivity index (χ3v) is 6.72. The molecule has 1 aromatic rings. The first kappa shape index (κ1) is 16.4. The minimum Gasteiger partial charge on any atom is -0.478 e. The summed E-state index contributed by atoms with van der Waals surface area (Å²) < 4.78 is 27.6. The first-order valence-corrected chi connectivity index (χ1v) is 9.41. The smallest absolute Gasteiger partial charge is 0.335 e. The molecule has 0 saturated carbocycles. The summed E-state index contributed by atoms with van der Waals surface area (Å²) in [6.07, 6.45) is 3.38. The van der Waals surface area contributed by atoms with Gasteiger partial charge in [0.05, 0.1) is 10.5 Å². The highest BCUT2D eigenvalue weighted by Crippen LogP contribution is 2.31. The normalized spacial score (nSPS) is 20.2. The van der Waals surface area contributed by atoms with Crippen LogP contribution < -0.4 is 0 Å². The molecule has 0 spiro atoms. The molecule has 1 aliphatic heterocycles. The number of aryl methyl sites for hydroxylation is 1. The average Bonchev–Trinajstić information content (AvgIpc) is 2.54. The molecule has 0 amide bonds. The molecule has 1 aromatic carbocycles. The molecule has 7 heteroatoms. The fourth-order valence-electron chi connectivity index (χ4n) is 3.35. The van der Waals surface area contributed by atoms with Gasteiger partial charge in [0.1, 0.15) is 0 Å². The topological polar surface area (TPSA) is 77.9 Å². The van der Waals surface area contributed by atoms with E-state index >= 15 is 0 Å². The van der Waals surface area contributed by atoms with Crippen molar-refractivity contribution in [2.24, 2.45) is 0 Å². The largest absolute Gasteiger partial charge is 0.478 e. The number of carboxylic acid groups (broad SMARTS) is 1. The first-order valence-electron chi connectivity index (χ1n) is 7.97. The summed E-state index contributed by atoms with van der Waals surface area (Å²) in [4.78, 5) is 13.7. The zero-order chi connectivity index (χ0) is 16.6. The molecule has 126 valence electrons. The Morgan fingerprint density at radius 2 is 1.74 bits per heavy atom. The Bertz CT molecular complexity index is 722. The molecule has 1 N–H and O–H groups in total. The van der Waals surface area contributed by atoms with Gasteiger partial charge >= 0.3 is 5.97 Å². The van der Waals surface area contributed by atoms with Gasteiger partial charge in [-0.25, -0.2) is 13.2 Å². The van der Waals surface area contributed by atoms with E-state index in [0.717, 1.165) is 30.4 Å². The lowest BCUT2D eigenvalue weighted by molar-refractivity contribution is 0.0696. The highest BCUT2D eigenvalue weighted by atomic mass is 32.2. The van der Waals surface area contributed by atoms with E-state index < -0.39 is 16.0 Å². The monoisotopic (exact) mass is 338 g/mol. The van der Waals surface area contributed by atoms with Gasteiger partial charge in [-0.3, -0.25) is 0 Å². The quantitative estimate of drug-likeness (QED) is 0.896. The maximum absolute atomic E-state index is 13.1. The van der Waals surface area contributed by atoms with Gasteiger partial charge < -0.3 is 10.0 Å². The molecule has 0 unspecified atom stereocenters. The van der Waals surface area contributed by atoms with Crippen LogP contribution in [-0.2, 0) is 22.9 Å². The molecule has 23 heavy (non-hydrogen) atoms. The molecule has 0 aromatic heterocycles. The van der Waals surface area contributed by atoms with Crippen LogP contribution in [-0.4, -0.2) is 61.9 Å². The molecule has 6 nitrogen and oxygen atoms in total. The Balaban J connectivity index is 2.06. The van der Waals surface area contributed by atoms with E-state index in [1.165, 1.54) is 10.4 Å². The van der Waals surface area contributed by atoms with Gasteiger partial charge in [-0.1, -0.05) is 0 Å². The van der Waals surface area contributed by atoms with Crippen molar-refractivity contribution < 1.29 is 18.3 Å². The molecule has 1 heterocycles. The number of likely N-dealkylation sites (N-methyl/N-ethyl adjacent to an activating group) is 1. The number of nitrogens with zero attached hydrogens (tertiary/aromatic N) is 2. The van der Waals surface area contributed by atoms with Crippen molar-refractivity contribution in [1.82, 2.24) is 9.21 Å². The van der Waals surface area contributed by atoms with Gasteiger partial charge in [-0.05, 0) is 56.0 Å². The summed E-state index contributed by atoms with van der Waals surface area (Å²) >= 11 is 0. The van der Waals surface area contributed by atoms with E-state index in [0.29, 0.717) is 32.6 Å². The lowest BCUT2D eigenvalue weighted by Crippen LogP contribution is -2.47. The number of hydrogen-bond donors (Lipinski definition) is 1. The highest BCUT2D eigenvalue weighted by molar-refractivity contribution is 7.89. The highest BCUT2D eigenvalue weighted by Gasteiger charge is 2.31. The van der Waals surface area contributed by atoms with Gasteiger partial charge in [-0.2, -0.15) is 4.31 Å². The third-order valence-electron chi connectivity index (χ3n) is 4.75. The predicted molar refractivity (Wildman–Crippen MR) is 86.3 cm³/mol. The number of piperazine rings is 1. The van der Waals surface area contributed by atoms with Crippen LogP contribution in [0.1, 0.15) is 34.3 Å². The van der Waals surface area contributed by atoms with Crippen LogP contribution in [0.2, 0.25) is 0 Å². The van der Waals surface area contributed by atoms with Crippen molar-refractivity contribution >= 4 is 16.0 Å². The van der Waals surface area contributed by atoms with Crippen molar-refractivity contribution in [3.8, 4) is 0 Å². The number of aromatic carboxylic acids is 1. The minimum absolute atomic E-state index is 0.0679. The zero-order valence-electron chi connectivity index (χ0n) is 13.3. The Morgan fingerprint density at radius 3 is 2.39 bits per heavy atom. The number of benzene rings is 1. The van der Waals surface area contributed by atoms with Gasteiger partial charge in [-0.15, -0.1) is 0 Å². The van der Waals surface area contributed by atoms with Crippen LogP contribution in [0.15, 0.2) is 17.0 Å². The molecular weight excluding hydrogens is 316 g/mol. The molecule has 0 bridgehead atoms. The second kappa shape index (κ2) is 6.22. The number of carboxylic acids is 1. The fraction of sp³-hybridized carbons (Fsp3) is 0.562. The van der Waals surface area contributed by atoms with E-state index in [1.54, 1.807) is 6.07 Å². The summed E-state index contributed by atoms with van der Waals surface area (Å²) in [6, 6.07) is 2.99. The SMILES string of the molecule is CN1CCN(S(=O)(=O)c2cc(C(=O)O)cc3c2CCCC3)CC1. The molecule has 2 aliphatic rings. The van der Waals surface area contributed by atoms with E-state index in [1.807, 2.05) is 7.05 Å². The van der Waals surface area contributed by atoms with E-state index in [2.05, 4.69) is 4.90 Å². The fourth-order valence-corrected chi connectivity index (χ4v) is 5.09. The van der Waals surface area contributed by atoms with Crippen LogP contribution in [0.3, 0.4) is 0 Å². The van der Waals surface area contributed by atoms with Crippen LogP contribution in [0, 0.1) is 0 Å². The van der Waals surface area contributed by atoms with Crippen molar-refractivity contribution in [3.05, 3.63) is 28.8 Å². The number of carbonyl (C=O) groups is 1. The molecular formula is C16H22N2O4S. The Hall–Kier alpha value is -1.44. The van der Waals surface area contributed by atoms with Crippen LogP contribution in [0.4, 0.5) is 0 Å². The van der Waals surface area contributed by atoms with Gasteiger partial charge in [0.25, 0.3) is 0 Å². The van der Waals surface area contributed by atoms with E-state index in [9.17, 15) is 18.3 Å². The van der Waals surface area contributed by atoms with Crippen LogP contribution in [0.5, 0.6) is 0 Å². The maximum Gasteiger partial charge on any atom is 0.335 e. The van der Waals surface area contributed by atoms with E-state index in [4.69, 9.17) is 0 Å². The summed E-state index contributed by atoms with van der Waals surface area (Å²) in [5.41, 5.74) is 1.77. The number of hydrogen-bond acceptors (Lipinski definition) is 4. The van der Waals surface area contributed by atoms with Crippen molar-refractivity contribution in [2.45, 2.75) is 30.6 Å². The predicted octanol–water partition coefficient (Wildman–Crippen LogP) is 1.20. The summed E-state index contributed by atoms with van der Waals surface area (Å²) in [6.45, 7) is 2.29. The molecule has 1 saturated heterocycles. The van der Waals surface area contributed by atoms with Crippen molar-refractivity contribution in [3.63, 3.8) is 0 Å². The Labute approximate surface area is 136 Å². The number of rotatable bonds is 3. The minimum atomic E-state index is -3.64. The standard InChI is InChI=1S/C16H22N2O4S/c1-17-6-8-18(9-7-17)23(21,22)15-11-13(16(19)20)10-12-4-2-3-5-14(12)15/h10-11H,2-9H2,1H3,(H,19,20). The Morgan fingerprint density at radius 1 is 1.09 bits per heavy atom. The van der Waals surface area contributed by atoms with Gasteiger partial charge in [0.2, 0.25) is 10.0 Å². The second-order valence-electron chi connectivity index (χ2n) is 6.33. The number of fused-ring (bicyclic) bond motifs is 1. The van der Waals surface area contributed by atoms with Crippen LogP contribution >= 0.6 is 0 Å². The zero-order valence-corrected chi connectivity index (χ0v) is 14.1. The van der Waals surface area contributed by atoms with Crippen LogP contribution in [0.25, 0.3) is 0 Å². The Kier molecular flexibility index (Phi) is 4.44. The molecule has 1 fully saturated rings. The maximum atomic E-state index is 13.1. The first-order chi connectivity index (χ1) is 10.9. The van der Waals surface area contributed by atoms with Gasteiger partial charge in [0, 0.05) is 26.2 Å². The lowest BCUT2D eigenvalue weighted by Gasteiger charge is -2.32. The lowest BCUT2D eigenvalue weighted by atomic mass is 9.90. The van der Waals surface area contributed by atoms with Crippen molar-refractivity contribution in [1.29, 1.82) is 0 Å². The molecule has 1 aliphatic carbocycles. The molecule has 0 radical (unpaired) electrons. The average molecular weight is 338 g/mol. The van der Waals surface area contributed by atoms with Gasteiger partial charge in [0.15, 0.2) is 0 Å². The number of sulfonamides is 1.